The zero-order valence-electron chi connectivity index (χ0n) is 11.1. The molecule has 0 aromatic heterocycles. The van der Waals surface area contributed by atoms with Crippen LogP contribution in [0.15, 0.2) is 53.8 Å². The average Bonchev–Trinajstić information content (AvgIpc) is 2.42. The topological polar surface area (TPSA) is 116 Å². The quantitative estimate of drug-likeness (QED) is 0.379. The molecule has 1 atom stereocenters. The van der Waals surface area contributed by atoms with Crippen molar-refractivity contribution in [1.29, 1.82) is 0 Å². The van der Waals surface area contributed by atoms with Crippen molar-refractivity contribution in [3.05, 3.63) is 69.5 Å². The van der Waals surface area contributed by atoms with Crippen molar-refractivity contribution >= 4 is 6.16 Å². The molecule has 0 amide bonds. The highest BCUT2D eigenvalue weighted by molar-refractivity contribution is 5.60. The molecule has 0 heterocycles. The maximum atomic E-state index is 11.1. The van der Waals surface area contributed by atoms with Crippen molar-refractivity contribution in [3.63, 3.8) is 0 Å². The van der Waals surface area contributed by atoms with Gasteiger partial charge in [-0.25, -0.2) is 4.79 Å². The van der Waals surface area contributed by atoms with Gasteiger partial charge in [-0.3, -0.25) is 15.8 Å². The van der Waals surface area contributed by atoms with Crippen LogP contribution in [0.3, 0.4) is 0 Å². The normalized spacial score (nSPS) is 21.2. The Morgan fingerprint density at radius 2 is 2.10 bits per heavy atom. The fraction of sp³-hybridized carbons (Fsp3) is 0.214. The van der Waals surface area contributed by atoms with Gasteiger partial charge in [0.25, 0.3) is 5.66 Å². The average molecular weight is 290 g/mol. The van der Waals surface area contributed by atoms with E-state index in [-0.39, 0.29) is 12.2 Å². The van der Waals surface area contributed by atoms with E-state index in [0.717, 1.165) is 11.6 Å². The maximum Gasteiger partial charge on any atom is 0.511 e. The Morgan fingerprint density at radius 1 is 1.43 bits per heavy atom. The molecular weight excluding hydrogens is 276 g/mol. The second kappa shape index (κ2) is 5.76. The van der Waals surface area contributed by atoms with Gasteiger partial charge in [0.2, 0.25) is 0 Å². The monoisotopic (exact) mass is 290 g/mol. The van der Waals surface area contributed by atoms with Gasteiger partial charge in [-0.05, 0) is 23.6 Å². The summed E-state index contributed by atoms with van der Waals surface area (Å²) < 4.78 is 4.68. The van der Waals surface area contributed by atoms with E-state index in [4.69, 9.17) is 10.8 Å². The summed E-state index contributed by atoms with van der Waals surface area (Å²) in [6, 6.07) is 9.19. The van der Waals surface area contributed by atoms with Crippen LogP contribution in [0.25, 0.3) is 0 Å². The molecule has 1 aromatic rings. The number of allylic oxidation sites excluding steroid dienone is 1. The summed E-state index contributed by atoms with van der Waals surface area (Å²) >= 11 is 0. The van der Waals surface area contributed by atoms with Gasteiger partial charge in [0, 0.05) is 11.0 Å². The molecule has 0 aliphatic heterocycles. The van der Waals surface area contributed by atoms with Gasteiger partial charge in [0.1, 0.15) is 5.76 Å². The van der Waals surface area contributed by atoms with Crippen LogP contribution in [0.1, 0.15) is 12.0 Å². The first kappa shape index (κ1) is 14.7. The lowest BCUT2D eigenvalue weighted by Crippen LogP contribution is -2.47. The molecule has 110 valence electrons. The molecular formula is C14H14N2O5. The molecule has 1 unspecified atom stereocenters. The number of carbonyl (C=O) groups is 1. The lowest BCUT2D eigenvalue weighted by Gasteiger charge is -2.23. The third-order valence-electron chi connectivity index (χ3n) is 3.17. The predicted molar refractivity (Wildman–Crippen MR) is 74.0 cm³/mol. The smallest absolute Gasteiger partial charge is 0.449 e. The van der Waals surface area contributed by atoms with Gasteiger partial charge >= 0.3 is 6.16 Å². The van der Waals surface area contributed by atoms with Crippen LogP contribution < -0.4 is 5.73 Å². The standard InChI is InChI=1S/C14H14N2O5/c15-14(16(19)20)7-6-12(21-13(17)18)11(9-14)8-10-4-2-1-3-5-10/h1-7H,8-9,15H2,(H,17,18). The highest BCUT2D eigenvalue weighted by atomic mass is 16.7. The van der Waals surface area contributed by atoms with Crippen LogP contribution in [0.2, 0.25) is 0 Å². The summed E-state index contributed by atoms with van der Waals surface area (Å²) in [6.07, 6.45) is 1.17. The fourth-order valence-electron chi connectivity index (χ4n) is 2.14. The number of ether oxygens (including phenoxy) is 1. The van der Waals surface area contributed by atoms with Gasteiger partial charge in [-0.15, -0.1) is 0 Å². The molecule has 0 spiro atoms. The fourth-order valence-corrected chi connectivity index (χ4v) is 2.14. The van der Waals surface area contributed by atoms with Crippen molar-refractivity contribution in [3.8, 4) is 0 Å². The van der Waals surface area contributed by atoms with E-state index in [1.54, 1.807) is 0 Å². The second-order valence-corrected chi connectivity index (χ2v) is 4.76. The Balaban J connectivity index is 2.32. The van der Waals surface area contributed by atoms with Crippen molar-refractivity contribution in [1.82, 2.24) is 0 Å². The van der Waals surface area contributed by atoms with Gasteiger partial charge < -0.3 is 9.84 Å². The number of nitrogens with two attached hydrogens (primary N) is 1. The number of hydrogen-bond donors (Lipinski definition) is 2. The van der Waals surface area contributed by atoms with E-state index in [1.165, 1.54) is 6.08 Å². The van der Waals surface area contributed by atoms with Crippen LogP contribution in [0, 0.1) is 10.1 Å². The minimum absolute atomic E-state index is 0.0919. The summed E-state index contributed by atoms with van der Waals surface area (Å²) in [6.45, 7) is 0. The van der Waals surface area contributed by atoms with E-state index in [1.807, 2.05) is 30.3 Å². The molecule has 0 radical (unpaired) electrons. The van der Waals surface area contributed by atoms with Crippen molar-refractivity contribution in [2.75, 3.05) is 0 Å². The van der Waals surface area contributed by atoms with Crippen LogP contribution in [-0.2, 0) is 11.2 Å². The molecule has 0 saturated carbocycles. The third kappa shape index (κ3) is 3.46. The Morgan fingerprint density at radius 3 is 2.67 bits per heavy atom. The molecule has 7 nitrogen and oxygen atoms in total. The molecule has 1 aliphatic rings. The molecule has 7 heteroatoms. The highest BCUT2D eigenvalue weighted by Crippen LogP contribution is 2.29. The zero-order valence-corrected chi connectivity index (χ0v) is 11.1. The molecule has 21 heavy (non-hydrogen) atoms. The minimum Gasteiger partial charge on any atom is -0.449 e. The van der Waals surface area contributed by atoms with Gasteiger partial charge in [0.05, 0.1) is 6.42 Å². The summed E-state index contributed by atoms with van der Waals surface area (Å²) in [4.78, 5) is 21.2. The zero-order chi connectivity index (χ0) is 15.5. The van der Waals surface area contributed by atoms with Gasteiger partial charge in [-0.2, -0.15) is 0 Å². The van der Waals surface area contributed by atoms with Crippen LogP contribution >= 0.6 is 0 Å². The molecule has 0 saturated heterocycles. The molecule has 3 N–H and O–H groups in total. The molecule has 1 aromatic carbocycles. The first-order valence-corrected chi connectivity index (χ1v) is 6.20. The molecule has 2 rings (SSSR count). The lowest BCUT2D eigenvalue weighted by molar-refractivity contribution is -0.554. The Kier molecular flexibility index (Phi) is 4.04. The van der Waals surface area contributed by atoms with Crippen LogP contribution in [0.4, 0.5) is 4.79 Å². The minimum atomic E-state index is -1.74. The van der Waals surface area contributed by atoms with E-state index in [0.29, 0.717) is 12.0 Å². The number of nitro groups is 1. The maximum absolute atomic E-state index is 11.1. The number of rotatable bonds is 4. The van der Waals surface area contributed by atoms with E-state index in [2.05, 4.69) is 4.74 Å². The number of carboxylic acid groups (broad SMARTS) is 1. The first-order valence-electron chi connectivity index (χ1n) is 6.20. The summed E-state index contributed by atoms with van der Waals surface area (Å²) in [7, 11) is 0. The molecule has 1 aliphatic carbocycles. The van der Waals surface area contributed by atoms with E-state index in [9.17, 15) is 14.9 Å². The molecule has 0 fully saturated rings. The van der Waals surface area contributed by atoms with Crippen molar-refractivity contribution < 1.29 is 19.6 Å². The summed E-state index contributed by atoms with van der Waals surface area (Å²) in [5.74, 6) is 0.0919. The number of hydrogen-bond acceptors (Lipinski definition) is 5. The highest BCUT2D eigenvalue weighted by Gasteiger charge is 2.39. The van der Waals surface area contributed by atoms with Crippen molar-refractivity contribution in [2.24, 2.45) is 5.73 Å². The lowest BCUT2D eigenvalue weighted by atomic mass is 9.90. The Labute approximate surface area is 120 Å². The summed E-state index contributed by atoms with van der Waals surface area (Å²) in [5.41, 5.74) is 5.34. The largest absolute Gasteiger partial charge is 0.511 e. The first-order chi connectivity index (χ1) is 9.90. The van der Waals surface area contributed by atoms with Crippen LogP contribution in [0.5, 0.6) is 0 Å². The predicted octanol–water partition coefficient (Wildman–Crippen LogP) is 2.07. The SMILES string of the molecule is NC1([N+](=O)[O-])C=CC(OC(=O)O)=C(Cc2ccccc2)C1. The Hall–Kier alpha value is -2.67. The molecule has 0 bridgehead atoms. The van der Waals surface area contributed by atoms with Crippen LogP contribution in [-0.4, -0.2) is 21.8 Å². The van der Waals surface area contributed by atoms with Gasteiger partial charge in [-0.1, -0.05) is 30.3 Å². The second-order valence-electron chi connectivity index (χ2n) is 4.76. The summed E-state index contributed by atoms with van der Waals surface area (Å²) in [5, 5.41) is 19.8. The number of nitrogens with zero attached hydrogens (tertiary/aromatic N) is 1. The number of benzene rings is 1. The Bertz CT molecular complexity index is 624. The van der Waals surface area contributed by atoms with Crippen molar-refractivity contribution in [2.45, 2.75) is 18.5 Å². The third-order valence-corrected chi connectivity index (χ3v) is 3.17. The van der Waals surface area contributed by atoms with Gasteiger partial charge in [0.15, 0.2) is 0 Å². The van der Waals surface area contributed by atoms with E-state index < -0.39 is 16.7 Å². The van der Waals surface area contributed by atoms with E-state index >= 15 is 0 Å².